The summed E-state index contributed by atoms with van der Waals surface area (Å²) in [6.45, 7) is 5.91. The maximum Gasteiger partial charge on any atom is 0.317 e. The molecule has 2 unspecified atom stereocenters. The highest BCUT2D eigenvalue weighted by Gasteiger charge is 2.25. The van der Waals surface area contributed by atoms with Crippen molar-refractivity contribution >= 4 is 6.03 Å². The standard InChI is InChI=1S/C18H28N2O3/c1-13(16-6-4-5-7-17(16)23-3)12-19-18(22)20-10-8-15(9-11-20)14(2)21/h4-7,13-15,21H,8-12H2,1-3H3,(H,19,22). The molecular formula is C18H28N2O3. The van der Waals surface area contributed by atoms with Crippen molar-refractivity contribution in [3.63, 3.8) is 0 Å². The van der Waals surface area contributed by atoms with Gasteiger partial charge < -0.3 is 20.1 Å². The zero-order chi connectivity index (χ0) is 16.8. The van der Waals surface area contributed by atoms with Crippen LogP contribution in [-0.4, -0.2) is 48.9 Å². The van der Waals surface area contributed by atoms with E-state index in [1.165, 1.54) is 0 Å². The van der Waals surface area contributed by atoms with Crippen molar-refractivity contribution in [1.82, 2.24) is 10.2 Å². The highest BCUT2D eigenvalue weighted by molar-refractivity contribution is 5.74. The molecule has 0 aromatic heterocycles. The first-order valence-electron chi connectivity index (χ1n) is 8.36. The number of para-hydroxylation sites is 1. The van der Waals surface area contributed by atoms with Gasteiger partial charge in [-0.3, -0.25) is 0 Å². The van der Waals surface area contributed by atoms with Gasteiger partial charge in [0, 0.05) is 25.6 Å². The van der Waals surface area contributed by atoms with Crippen LogP contribution in [0.3, 0.4) is 0 Å². The smallest absolute Gasteiger partial charge is 0.317 e. The van der Waals surface area contributed by atoms with Gasteiger partial charge in [-0.05, 0) is 37.3 Å². The van der Waals surface area contributed by atoms with E-state index >= 15 is 0 Å². The van der Waals surface area contributed by atoms with Crippen LogP contribution in [0.4, 0.5) is 4.79 Å². The van der Waals surface area contributed by atoms with Crippen molar-refractivity contribution in [3.8, 4) is 5.75 Å². The number of ether oxygens (including phenoxy) is 1. The van der Waals surface area contributed by atoms with Gasteiger partial charge in [0.1, 0.15) is 5.75 Å². The molecule has 0 aliphatic carbocycles. The van der Waals surface area contributed by atoms with E-state index in [1.807, 2.05) is 36.1 Å². The average molecular weight is 320 g/mol. The minimum absolute atomic E-state index is 0.0178. The lowest BCUT2D eigenvalue weighted by atomic mass is 9.92. The fraction of sp³-hybridized carbons (Fsp3) is 0.611. The predicted molar refractivity (Wildman–Crippen MR) is 90.8 cm³/mol. The largest absolute Gasteiger partial charge is 0.496 e. The van der Waals surface area contributed by atoms with E-state index in [2.05, 4.69) is 12.2 Å². The third-order valence-electron chi connectivity index (χ3n) is 4.74. The minimum atomic E-state index is -0.286. The van der Waals surface area contributed by atoms with E-state index in [0.717, 1.165) is 24.2 Å². The first-order chi connectivity index (χ1) is 11.0. The lowest BCUT2D eigenvalue weighted by Gasteiger charge is -2.33. The van der Waals surface area contributed by atoms with Crippen molar-refractivity contribution in [2.75, 3.05) is 26.7 Å². The molecule has 1 aromatic carbocycles. The van der Waals surface area contributed by atoms with E-state index < -0.39 is 0 Å². The number of aliphatic hydroxyl groups excluding tert-OH is 1. The molecule has 0 radical (unpaired) electrons. The Bertz CT molecular complexity index is 511. The number of nitrogens with one attached hydrogen (secondary N) is 1. The molecule has 1 fully saturated rings. The molecule has 0 saturated carbocycles. The Kier molecular flexibility index (Phi) is 6.28. The number of methoxy groups -OCH3 is 1. The molecule has 1 aliphatic rings. The highest BCUT2D eigenvalue weighted by Crippen LogP contribution is 2.25. The van der Waals surface area contributed by atoms with Crippen LogP contribution in [0.25, 0.3) is 0 Å². The van der Waals surface area contributed by atoms with Gasteiger partial charge >= 0.3 is 6.03 Å². The van der Waals surface area contributed by atoms with Crippen LogP contribution >= 0.6 is 0 Å². The Labute approximate surface area is 138 Å². The quantitative estimate of drug-likeness (QED) is 0.876. The molecule has 1 heterocycles. The molecule has 2 atom stereocenters. The lowest BCUT2D eigenvalue weighted by molar-refractivity contribution is 0.0798. The lowest BCUT2D eigenvalue weighted by Crippen LogP contribution is -2.46. The molecule has 0 spiro atoms. The SMILES string of the molecule is COc1ccccc1C(C)CNC(=O)N1CCC(C(C)O)CC1. The molecule has 1 saturated heterocycles. The Balaban J connectivity index is 1.82. The van der Waals surface area contributed by atoms with Crippen molar-refractivity contribution in [2.45, 2.75) is 38.7 Å². The molecule has 5 nitrogen and oxygen atoms in total. The van der Waals surface area contributed by atoms with Gasteiger partial charge in [0.15, 0.2) is 0 Å². The van der Waals surface area contributed by atoms with Gasteiger partial charge in [0.25, 0.3) is 0 Å². The van der Waals surface area contributed by atoms with Crippen LogP contribution < -0.4 is 10.1 Å². The Morgan fingerprint density at radius 1 is 1.35 bits per heavy atom. The number of hydrogen-bond donors (Lipinski definition) is 2. The third-order valence-corrected chi connectivity index (χ3v) is 4.74. The van der Waals surface area contributed by atoms with Gasteiger partial charge in [-0.15, -0.1) is 0 Å². The Hall–Kier alpha value is -1.75. The van der Waals surface area contributed by atoms with E-state index in [1.54, 1.807) is 7.11 Å². The summed E-state index contributed by atoms with van der Waals surface area (Å²) in [7, 11) is 1.66. The molecule has 1 aliphatic heterocycles. The zero-order valence-corrected chi connectivity index (χ0v) is 14.3. The summed E-state index contributed by atoms with van der Waals surface area (Å²) in [6.07, 6.45) is 1.45. The number of carbonyl (C=O) groups is 1. The summed E-state index contributed by atoms with van der Waals surface area (Å²) in [5.74, 6) is 1.35. The Morgan fingerprint density at radius 3 is 2.61 bits per heavy atom. The molecule has 1 aromatic rings. The molecule has 128 valence electrons. The van der Waals surface area contributed by atoms with Crippen LogP contribution in [0.15, 0.2) is 24.3 Å². The third kappa shape index (κ3) is 4.61. The summed E-state index contributed by atoms with van der Waals surface area (Å²) in [5, 5.41) is 12.6. The summed E-state index contributed by atoms with van der Waals surface area (Å²) in [4.78, 5) is 14.1. The molecule has 0 bridgehead atoms. The van der Waals surface area contributed by atoms with Crippen LogP contribution in [-0.2, 0) is 0 Å². The molecule has 2 amide bonds. The van der Waals surface area contributed by atoms with Crippen LogP contribution in [0.5, 0.6) is 5.75 Å². The molecule has 23 heavy (non-hydrogen) atoms. The zero-order valence-electron chi connectivity index (χ0n) is 14.3. The van der Waals surface area contributed by atoms with Crippen molar-refractivity contribution in [2.24, 2.45) is 5.92 Å². The van der Waals surface area contributed by atoms with E-state index in [0.29, 0.717) is 25.6 Å². The molecule has 2 N–H and O–H groups in total. The number of carbonyl (C=O) groups excluding carboxylic acids is 1. The van der Waals surface area contributed by atoms with Crippen molar-refractivity contribution in [3.05, 3.63) is 29.8 Å². The maximum absolute atomic E-state index is 12.3. The van der Waals surface area contributed by atoms with Gasteiger partial charge in [0.05, 0.1) is 13.2 Å². The number of nitrogens with zero attached hydrogens (tertiary/aromatic N) is 1. The minimum Gasteiger partial charge on any atom is -0.496 e. The van der Waals surface area contributed by atoms with Gasteiger partial charge in [0.2, 0.25) is 0 Å². The van der Waals surface area contributed by atoms with Crippen LogP contribution in [0, 0.1) is 5.92 Å². The topological polar surface area (TPSA) is 61.8 Å². The number of piperidine rings is 1. The van der Waals surface area contributed by atoms with E-state index in [-0.39, 0.29) is 18.1 Å². The van der Waals surface area contributed by atoms with Gasteiger partial charge in [-0.2, -0.15) is 0 Å². The highest BCUT2D eigenvalue weighted by atomic mass is 16.5. The molecule has 5 heteroatoms. The first kappa shape index (κ1) is 17.6. The maximum atomic E-state index is 12.3. The van der Waals surface area contributed by atoms with E-state index in [4.69, 9.17) is 4.74 Å². The summed E-state index contributed by atoms with van der Waals surface area (Å²) in [5.41, 5.74) is 1.10. The number of aliphatic hydroxyl groups is 1. The summed E-state index contributed by atoms with van der Waals surface area (Å²) >= 11 is 0. The van der Waals surface area contributed by atoms with Crippen molar-refractivity contribution in [1.29, 1.82) is 0 Å². The summed E-state index contributed by atoms with van der Waals surface area (Å²) in [6, 6.07) is 7.88. The second-order valence-electron chi connectivity index (χ2n) is 6.39. The predicted octanol–water partition coefficient (Wildman–Crippen LogP) is 2.60. The van der Waals surface area contributed by atoms with Crippen LogP contribution in [0.2, 0.25) is 0 Å². The van der Waals surface area contributed by atoms with Gasteiger partial charge in [-0.1, -0.05) is 25.1 Å². The fourth-order valence-corrected chi connectivity index (χ4v) is 3.12. The van der Waals surface area contributed by atoms with Crippen LogP contribution in [0.1, 0.15) is 38.2 Å². The number of hydrogen-bond acceptors (Lipinski definition) is 3. The first-order valence-corrected chi connectivity index (χ1v) is 8.36. The van der Waals surface area contributed by atoms with Gasteiger partial charge in [-0.25, -0.2) is 4.79 Å². The average Bonchev–Trinajstić information content (AvgIpc) is 2.59. The fourth-order valence-electron chi connectivity index (χ4n) is 3.12. The second-order valence-corrected chi connectivity index (χ2v) is 6.39. The summed E-state index contributed by atoms with van der Waals surface area (Å²) < 4.78 is 5.38. The van der Waals surface area contributed by atoms with Crippen molar-refractivity contribution < 1.29 is 14.6 Å². The number of urea groups is 1. The monoisotopic (exact) mass is 320 g/mol. The number of amides is 2. The number of likely N-dealkylation sites (tertiary alicyclic amines) is 1. The second kappa shape index (κ2) is 8.20. The Morgan fingerprint density at radius 2 is 2.00 bits per heavy atom. The molecular weight excluding hydrogens is 292 g/mol. The number of rotatable bonds is 5. The van der Waals surface area contributed by atoms with E-state index in [9.17, 15) is 9.90 Å². The molecule has 2 rings (SSSR count). The number of benzene rings is 1. The normalized spacial score (nSPS) is 18.3.